The molecule has 0 radical (unpaired) electrons. The van der Waals surface area contributed by atoms with Crippen molar-refractivity contribution in [3.63, 3.8) is 0 Å². The van der Waals surface area contributed by atoms with Crippen molar-refractivity contribution in [2.45, 2.75) is 12.2 Å². The predicted octanol–water partition coefficient (Wildman–Crippen LogP) is -1.28. The largest absolute Gasteiger partial charge is 0.379 e. The van der Waals surface area contributed by atoms with Crippen LogP contribution >= 0.6 is 12.2 Å². The minimum absolute atomic E-state index is 0.130. The minimum Gasteiger partial charge on any atom is -0.379 e. The van der Waals surface area contributed by atoms with Crippen LogP contribution in [0.25, 0.3) is 0 Å². The van der Waals surface area contributed by atoms with Gasteiger partial charge in [0.15, 0.2) is 5.96 Å². The van der Waals surface area contributed by atoms with E-state index in [1.165, 1.54) is 0 Å². The standard InChI is InChI=1S/C13H24N6OS/c1-17-9-18(2)12(21)10-11(17)16-13(15-10)14-3-4-19-5-7-20-8-6-19/h10-11H,3-9H2,1-2H3,(H2,14,15,16). The molecule has 0 aromatic heterocycles. The van der Waals surface area contributed by atoms with Crippen LogP contribution in [-0.4, -0.2) is 98.0 Å². The SMILES string of the molecule is CN1CN(C)C2NC(=NCCN3CCOCC3)NC2C1=S. The zero-order valence-corrected chi connectivity index (χ0v) is 13.5. The van der Waals surface area contributed by atoms with E-state index in [0.717, 1.165) is 57.0 Å². The van der Waals surface area contributed by atoms with E-state index in [-0.39, 0.29) is 12.2 Å². The summed E-state index contributed by atoms with van der Waals surface area (Å²) in [6.45, 7) is 6.30. The number of ether oxygens (including phenoxy) is 1. The number of aliphatic imine (C=N–C) groups is 1. The Morgan fingerprint density at radius 1 is 1.29 bits per heavy atom. The minimum atomic E-state index is 0.130. The van der Waals surface area contributed by atoms with Gasteiger partial charge in [-0.15, -0.1) is 0 Å². The highest BCUT2D eigenvalue weighted by molar-refractivity contribution is 7.80. The second-order valence-corrected chi connectivity index (χ2v) is 6.25. The van der Waals surface area contributed by atoms with E-state index < -0.39 is 0 Å². The summed E-state index contributed by atoms with van der Waals surface area (Å²) in [7, 11) is 4.13. The number of hydrogen-bond acceptors (Lipinski definition) is 5. The number of likely N-dealkylation sites (N-methyl/N-ethyl adjacent to an activating group) is 2. The molecule has 0 bridgehead atoms. The number of rotatable bonds is 3. The molecule has 3 aliphatic rings. The molecule has 0 spiro atoms. The first kappa shape index (κ1) is 15.0. The highest BCUT2D eigenvalue weighted by Crippen LogP contribution is 2.15. The van der Waals surface area contributed by atoms with Gasteiger partial charge < -0.3 is 20.3 Å². The number of hydrogen-bond donors (Lipinski definition) is 2. The highest BCUT2D eigenvalue weighted by atomic mass is 32.1. The number of nitrogens with one attached hydrogen (secondary N) is 2. The molecule has 0 amide bonds. The van der Waals surface area contributed by atoms with E-state index in [1.807, 2.05) is 7.05 Å². The molecule has 3 heterocycles. The van der Waals surface area contributed by atoms with Gasteiger partial charge in [-0.25, -0.2) is 0 Å². The summed E-state index contributed by atoms with van der Waals surface area (Å²) in [4.78, 5) is 12.3. The monoisotopic (exact) mass is 312 g/mol. The quantitative estimate of drug-likeness (QED) is 0.630. The molecule has 7 nitrogen and oxygen atoms in total. The second-order valence-electron chi connectivity index (χ2n) is 5.83. The Labute approximate surface area is 131 Å². The molecule has 3 saturated heterocycles. The maximum Gasteiger partial charge on any atom is 0.193 e. The lowest BCUT2D eigenvalue weighted by molar-refractivity contribution is 0.0394. The van der Waals surface area contributed by atoms with Crippen molar-refractivity contribution >= 4 is 23.2 Å². The van der Waals surface area contributed by atoms with Crippen LogP contribution in [0.2, 0.25) is 0 Å². The average molecular weight is 312 g/mol. The van der Waals surface area contributed by atoms with Crippen LogP contribution in [0.3, 0.4) is 0 Å². The number of thiocarbonyl (C=S) groups is 1. The summed E-state index contributed by atoms with van der Waals surface area (Å²) in [5.74, 6) is 0.864. The van der Waals surface area contributed by atoms with Gasteiger partial charge in [0.25, 0.3) is 0 Å². The Kier molecular flexibility index (Phi) is 4.58. The maximum atomic E-state index is 5.51. The van der Waals surface area contributed by atoms with Crippen LogP contribution in [-0.2, 0) is 4.74 Å². The van der Waals surface area contributed by atoms with Crippen LogP contribution in [0.15, 0.2) is 4.99 Å². The van der Waals surface area contributed by atoms with Crippen molar-refractivity contribution in [1.29, 1.82) is 0 Å². The van der Waals surface area contributed by atoms with Gasteiger partial charge in [-0.2, -0.15) is 0 Å². The zero-order chi connectivity index (χ0) is 14.8. The van der Waals surface area contributed by atoms with Gasteiger partial charge in [-0.3, -0.25) is 14.8 Å². The van der Waals surface area contributed by atoms with Gasteiger partial charge >= 0.3 is 0 Å². The van der Waals surface area contributed by atoms with Crippen molar-refractivity contribution in [1.82, 2.24) is 25.3 Å². The van der Waals surface area contributed by atoms with Crippen molar-refractivity contribution in [3.05, 3.63) is 0 Å². The molecule has 3 rings (SSSR count). The number of fused-ring (bicyclic) bond motifs is 1. The normalized spacial score (nSPS) is 33.0. The molecule has 21 heavy (non-hydrogen) atoms. The summed E-state index contributed by atoms with van der Waals surface area (Å²) in [5.41, 5.74) is 0. The molecule has 0 aromatic carbocycles. The van der Waals surface area contributed by atoms with Crippen LogP contribution in [0.5, 0.6) is 0 Å². The fourth-order valence-electron chi connectivity index (χ4n) is 3.00. The maximum absolute atomic E-state index is 5.51. The van der Waals surface area contributed by atoms with Crippen LogP contribution in [0.4, 0.5) is 0 Å². The Morgan fingerprint density at radius 2 is 2.05 bits per heavy atom. The third-order valence-corrected chi connectivity index (χ3v) is 4.80. The van der Waals surface area contributed by atoms with Gasteiger partial charge in [0.1, 0.15) is 17.2 Å². The molecular weight excluding hydrogens is 288 g/mol. The Bertz CT molecular complexity index is 425. The Balaban J connectivity index is 1.53. The molecular formula is C13H24N6OS. The van der Waals surface area contributed by atoms with Crippen molar-refractivity contribution in [2.24, 2.45) is 4.99 Å². The van der Waals surface area contributed by atoms with Crippen molar-refractivity contribution in [2.75, 3.05) is 60.2 Å². The van der Waals surface area contributed by atoms with Gasteiger partial charge in [-0.05, 0) is 7.05 Å². The summed E-state index contributed by atoms with van der Waals surface area (Å²) in [6.07, 6.45) is 0.204. The first-order valence-corrected chi connectivity index (χ1v) is 7.89. The van der Waals surface area contributed by atoms with Crippen LogP contribution in [0, 0.1) is 0 Å². The number of guanidine groups is 1. The third-order valence-electron chi connectivity index (χ3n) is 4.23. The van der Waals surface area contributed by atoms with E-state index in [9.17, 15) is 0 Å². The fourth-order valence-corrected chi connectivity index (χ4v) is 3.25. The molecule has 8 heteroatoms. The lowest BCUT2D eigenvalue weighted by Gasteiger charge is -2.40. The summed E-state index contributed by atoms with van der Waals surface area (Å²) in [6, 6.07) is 0.130. The van der Waals surface area contributed by atoms with Crippen molar-refractivity contribution < 1.29 is 4.74 Å². The summed E-state index contributed by atoms with van der Waals surface area (Å²) < 4.78 is 5.35. The van der Waals surface area contributed by atoms with Gasteiger partial charge in [0.2, 0.25) is 0 Å². The van der Waals surface area contributed by atoms with Gasteiger partial charge in [0, 0.05) is 26.7 Å². The molecule has 3 aliphatic heterocycles. The average Bonchev–Trinajstić information content (AvgIpc) is 2.91. The zero-order valence-electron chi connectivity index (χ0n) is 12.7. The van der Waals surface area contributed by atoms with Crippen LogP contribution < -0.4 is 10.6 Å². The van der Waals surface area contributed by atoms with E-state index in [4.69, 9.17) is 17.0 Å². The Morgan fingerprint density at radius 3 is 2.81 bits per heavy atom. The van der Waals surface area contributed by atoms with Gasteiger partial charge in [-0.1, -0.05) is 12.2 Å². The highest BCUT2D eigenvalue weighted by Gasteiger charge is 2.41. The topological polar surface area (TPSA) is 55.4 Å². The predicted molar refractivity (Wildman–Crippen MR) is 86.4 cm³/mol. The molecule has 2 N–H and O–H groups in total. The molecule has 0 aromatic rings. The molecule has 2 atom stereocenters. The van der Waals surface area contributed by atoms with E-state index in [2.05, 4.69) is 37.4 Å². The van der Waals surface area contributed by atoms with E-state index in [0.29, 0.717) is 0 Å². The van der Waals surface area contributed by atoms with E-state index in [1.54, 1.807) is 0 Å². The first-order chi connectivity index (χ1) is 10.1. The molecule has 0 aliphatic carbocycles. The summed E-state index contributed by atoms with van der Waals surface area (Å²) in [5, 5.41) is 6.85. The number of nitrogens with zero attached hydrogens (tertiary/aromatic N) is 4. The first-order valence-electron chi connectivity index (χ1n) is 7.48. The molecule has 2 unspecified atom stereocenters. The third kappa shape index (κ3) is 3.28. The lowest BCUT2D eigenvalue weighted by Crippen LogP contribution is -2.61. The molecule has 0 saturated carbocycles. The van der Waals surface area contributed by atoms with Crippen LogP contribution in [0.1, 0.15) is 0 Å². The second kappa shape index (κ2) is 6.43. The van der Waals surface area contributed by atoms with Gasteiger partial charge in [0.05, 0.1) is 26.4 Å². The Hall–Kier alpha value is -0.960. The molecule has 118 valence electrons. The fraction of sp³-hybridized carbons (Fsp3) is 0.846. The van der Waals surface area contributed by atoms with E-state index >= 15 is 0 Å². The van der Waals surface area contributed by atoms with Crippen molar-refractivity contribution in [3.8, 4) is 0 Å². The lowest BCUT2D eigenvalue weighted by atomic mass is 10.2. The summed E-state index contributed by atoms with van der Waals surface area (Å²) >= 11 is 5.51. The smallest absolute Gasteiger partial charge is 0.193 e. The number of morpholine rings is 1. The molecule has 3 fully saturated rings.